The molecule has 0 atom stereocenters. The van der Waals surface area contributed by atoms with Crippen LogP contribution in [-0.2, 0) is 0 Å². The summed E-state index contributed by atoms with van der Waals surface area (Å²) in [6, 6.07) is 7.35. The van der Waals surface area contributed by atoms with Gasteiger partial charge in [-0.3, -0.25) is 4.79 Å². The predicted octanol–water partition coefficient (Wildman–Crippen LogP) is 3.75. The van der Waals surface area contributed by atoms with Crippen LogP contribution in [0, 0.1) is 5.92 Å². The van der Waals surface area contributed by atoms with E-state index < -0.39 is 0 Å². The number of hydrogen-bond donors (Lipinski definition) is 1. The summed E-state index contributed by atoms with van der Waals surface area (Å²) >= 11 is 5.95. The predicted molar refractivity (Wildman–Crippen MR) is 91.1 cm³/mol. The third-order valence-corrected chi connectivity index (χ3v) is 4.27. The van der Waals surface area contributed by atoms with E-state index in [2.05, 4.69) is 22.2 Å². The molecule has 0 bridgehead atoms. The van der Waals surface area contributed by atoms with Gasteiger partial charge in [-0.1, -0.05) is 24.6 Å². The zero-order valence-electron chi connectivity index (χ0n) is 13.0. The van der Waals surface area contributed by atoms with Crippen molar-refractivity contribution in [2.24, 2.45) is 5.92 Å². The molecule has 1 aromatic carbocycles. The highest BCUT2D eigenvalue weighted by atomic mass is 35.5. The lowest BCUT2D eigenvalue weighted by Crippen LogP contribution is -2.38. The number of likely N-dealkylation sites (tertiary alicyclic amines) is 1. The first-order valence-corrected chi connectivity index (χ1v) is 8.13. The summed E-state index contributed by atoms with van der Waals surface area (Å²) in [5.74, 6) is 1.23. The van der Waals surface area contributed by atoms with Gasteiger partial charge in [0.25, 0.3) is 5.91 Å². The average molecular weight is 331 g/mol. The molecule has 1 fully saturated rings. The van der Waals surface area contributed by atoms with Gasteiger partial charge in [0.05, 0.1) is 12.4 Å². The normalized spacial score (nSPS) is 15.5. The van der Waals surface area contributed by atoms with Crippen LogP contribution in [0.2, 0.25) is 5.02 Å². The summed E-state index contributed by atoms with van der Waals surface area (Å²) < 4.78 is 0. The number of hydrogen-bond acceptors (Lipinski definition) is 4. The number of anilines is 2. The molecule has 120 valence electrons. The highest BCUT2D eigenvalue weighted by Crippen LogP contribution is 2.20. The Morgan fingerprint density at radius 3 is 2.70 bits per heavy atom. The molecule has 3 rings (SSSR count). The summed E-state index contributed by atoms with van der Waals surface area (Å²) in [5.41, 5.74) is 1.21. The molecular formula is C17H19ClN4O. The summed E-state index contributed by atoms with van der Waals surface area (Å²) in [6.07, 6.45) is 5.19. The van der Waals surface area contributed by atoms with Crippen LogP contribution in [0.4, 0.5) is 11.5 Å². The number of carbonyl (C=O) groups is 1. The van der Waals surface area contributed by atoms with Gasteiger partial charge in [0.15, 0.2) is 0 Å². The third-order valence-electron chi connectivity index (χ3n) is 4.04. The summed E-state index contributed by atoms with van der Waals surface area (Å²) in [7, 11) is 0. The largest absolute Gasteiger partial charge is 0.339 e. The highest BCUT2D eigenvalue weighted by Gasteiger charge is 2.22. The standard InChI is InChI=1S/C17H19ClN4O/c1-12-5-7-22(8-6-12)17(23)15-10-20-16(11-19-15)21-14-4-2-3-13(18)9-14/h2-4,9-12H,5-8H2,1H3,(H,20,21). The Bertz CT molecular complexity index is 681. The molecule has 0 saturated carbocycles. The molecule has 1 saturated heterocycles. The fourth-order valence-corrected chi connectivity index (χ4v) is 2.78. The van der Waals surface area contributed by atoms with Crippen LogP contribution in [-0.4, -0.2) is 33.9 Å². The zero-order valence-corrected chi connectivity index (χ0v) is 13.8. The van der Waals surface area contributed by atoms with Crippen molar-refractivity contribution in [3.05, 3.63) is 47.4 Å². The molecule has 1 N–H and O–H groups in total. The zero-order chi connectivity index (χ0) is 16.2. The Hall–Kier alpha value is -2.14. The number of nitrogens with one attached hydrogen (secondary N) is 1. The van der Waals surface area contributed by atoms with Gasteiger partial charge in [0, 0.05) is 23.8 Å². The van der Waals surface area contributed by atoms with E-state index in [-0.39, 0.29) is 5.91 Å². The second-order valence-corrected chi connectivity index (χ2v) is 6.33. The van der Waals surface area contributed by atoms with Crippen molar-refractivity contribution in [3.8, 4) is 0 Å². The van der Waals surface area contributed by atoms with Crippen molar-refractivity contribution in [3.63, 3.8) is 0 Å². The average Bonchev–Trinajstić information content (AvgIpc) is 2.56. The van der Waals surface area contributed by atoms with Crippen LogP contribution in [0.25, 0.3) is 0 Å². The number of halogens is 1. The lowest BCUT2D eigenvalue weighted by Gasteiger charge is -2.29. The number of aromatic nitrogens is 2. The fraction of sp³-hybridized carbons (Fsp3) is 0.353. The number of rotatable bonds is 3. The van der Waals surface area contributed by atoms with Crippen molar-refractivity contribution >= 4 is 29.0 Å². The van der Waals surface area contributed by atoms with Gasteiger partial charge < -0.3 is 10.2 Å². The maximum Gasteiger partial charge on any atom is 0.274 e. The van der Waals surface area contributed by atoms with Crippen LogP contribution < -0.4 is 5.32 Å². The van der Waals surface area contributed by atoms with E-state index >= 15 is 0 Å². The van der Waals surface area contributed by atoms with Gasteiger partial charge >= 0.3 is 0 Å². The molecule has 0 unspecified atom stereocenters. The Morgan fingerprint density at radius 1 is 1.26 bits per heavy atom. The molecule has 1 aliphatic heterocycles. The molecule has 1 aromatic heterocycles. The molecule has 5 nitrogen and oxygen atoms in total. The van der Waals surface area contributed by atoms with Crippen molar-refractivity contribution in [2.75, 3.05) is 18.4 Å². The maximum atomic E-state index is 12.4. The monoisotopic (exact) mass is 330 g/mol. The van der Waals surface area contributed by atoms with Crippen LogP contribution in [0.3, 0.4) is 0 Å². The molecule has 2 aromatic rings. The highest BCUT2D eigenvalue weighted by molar-refractivity contribution is 6.30. The minimum absolute atomic E-state index is 0.0429. The topological polar surface area (TPSA) is 58.1 Å². The Balaban J connectivity index is 1.66. The summed E-state index contributed by atoms with van der Waals surface area (Å²) in [4.78, 5) is 22.8. The molecule has 0 radical (unpaired) electrons. The quantitative estimate of drug-likeness (QED) is 0.931. The van der Waals surface area contributed by atoms with Gasteiger partial charge in [-0.2, -0.15) is 0 Å². The SMILES string of the molecule is CC1CCN(C(=O)c2cnc(Nc3cccc(Cl)c3)cn2)CC1. The van der Waals surface area contributed by atoms with Gasteiger partial charge in [0.2, 0.25) is 0 Å². The second kappa shape index (κ2) is 6.96. The van der Waals surface area contributed by atoms with Crippen LogP contribution >= 0.6 is 11.6 Å². The first-order valence-electron chi connectivity index (χ1n) is 7.76. The van der Waals surface area contributed by atoms with Crippen LogP contribution in [0.5, 0.6) is 0 Å². The Labute approximate surface area is 140 Å². The molecule has 6 heteroatoms. The van der Waals surface area contributed by atoms with E-state index in [1.54, 1.807) is 18.3 Å². The third kappa shape index (κ3) is 3.99. The summed E-state index contributed by atoms with van der Waals surface area (Å²) in [6.45, 7) is 3.81. The smallest absolute Gasteiger partial charge is 0.274 e. The van der Waals surface area contributed by atoms with E-state index in [1.807, 2.05) is 17.0 Å². The van der Waals surface area contributed by atoms with Crippen molar-refractivity contribution in [2.45, 2.75) is 19.8 Å². The minimum Gasteiger partial charge on any atom is -0.339 e. The molecule has 1 aliphatic rings. The Morgan fingerprint density at radius 2 is 2.04 bits per heavy atom. The minimum atomic E-state index is -0.0429. The molecule has 2 heterocycles. The van der Waals surface area contributed by atoms with Gasteiger partial charge in [0.1, 0.15) is 11.5 Å². The molecule has 1 amide bonds. The van der Waals surface area contributed by atoms with Crippen molar-refractivity contribution in [1.82, 2.24) is 14.9 Å². The molecule has 23 heavy (non-hydrogen) atoms. The van der Waals surface area contributed by atoms with E-state index in [0.29, 0.717) is 22.5 Å². The lowest BCUT2D eigenvalue weighted by atomic mass is 9.99. The molecule has 0 spiro atoms. The van der Waals surface area contributed by atoms with Crippen molar-refractivity contribution < 1.29 is 4.79 Å². The second-order valence-electron chi connectivity index (χ2n) is 5.90. The summed E-state index contributed by atoms with van der Waals surface area (Å²) in [5, 5.41) is 3.76. The first kappa shape index (κ1) is 15.7. The maximum absolute atomic E-state index is 12.4. The molecule has 0 aliphatic carbocycles. The van der Waals surface area contributed by atoms with E-state index in [0.717, 1.165) is 31.6 Å². The Kier molecular flexibility index (Phi) is 4.76. The number of amides is 1. The number of piperidine rings is 1. The molecular weight excluding hydrogens is 312 g/mol. The van der Waals surface area contributed by atoms with E-state index in [1.165, 1.54) is 6.20 Å². The van der Waals surface area contributed by atoms with Gasteiger partial charge in [-0.05, 0) is 37.0 Å². The van der Waals surface area contributed by atoms with Gasteiger partial charge in [-0.25, -0.2) is 9.97 Å². The number of nitrogens with zero attached hydrogens (tertiary/aromatic N) is 3. The first-order chi connectivity index (χ1) is 11.1. The van der Waals surface area contributed by atoms with Crippen LogP contribution in [0.15, 0.2) is 36.7 Å². The van der Waals surface area contributed by atoms with Crippen LogP contribution in [0.1, 0.15) is 30.3 Å². The van der Waals surface area contributed by atoms with Gasteiger partial charge in [-0.15, -0.1) is 0 Å². The van der Waals surface area contributed by atoms with E-state index in [4.69, 9.17) is 11.6 Å². The van der Waals surface area contributed by atoms with Crippen molar-refractivity contribution in [1.29, 1.82) is 0 Å². The fourth-order valence-electron chi connectivity index (χ4n) is 2.59. The van der Waals surface area contributed by atoms with E-state index in [9.17, 15) is 4.79 Å². The lowest BCUT2D eigenvalue weighted by molar-refractivity contribution is 0.0691. The number of benzene rings is 1. The number of carbonyl (C=O) groups excluding carboxylic acids is 1.